The number of carboxylic acids is 1. The summed E-state index contributed by atoms with van der Waals surface area (Å²) in [7, 11) is 0. The van der Waals surface area contributed by atoms with E-state index in [1.54, 1.807) is 0 Å². The molecule has 2 rings (SSSR count). The number of benzene rings is 1. The quantitative estimate of drug-likeness (QED) is 0.493. The van der Waals surface area contributed by atoms with Crippen molar-refractivity contribution in [3.05, 3.63) is 56.4 Å². The number of aromatic amines is 1. The summed E-state index contributed by atoms with van der Waals surface area (Å²) in [4.78, 5) is 35.0. The van der Waals surface area contributed by atoms with Gasteiger partial charge in [0.05, 0.1) is 15.8 Å². The predicted octanol–water partition coefficient (Wildman–Crippen LogP) is 1.53. The van der Waals surface area contributed by atoms with E-state index < -0.39 is 16.3 Å². The summed E-state index contributed by atoms with van der Waals surface area (Å²) >= 11 is 0. The number of nitro groups is 1. The molecule has 7 nitrogen and oxygen atoms in total. The third kappa shape index (κ3) is 2.65. The van der Waals surface area contributed by atoms with Crippen LogP contribution >= 0.6 is 0 Å². The lowest BCUT2D eigenvalue weighted by Crippen LogP contribution is -2.03. The van der Waals surface area contributed by atoms with Gasteiger partial charge >= 0.3 is 5.97 Å². The van der Waals surface area contributed by atoms with Crippen molar-refractivity contribution in [3.63, 3.8) is 0 Å². The van der Waals surface area contributed by atoms with E-state index in [9.17, 15) is 19.7 Å². The third-order valence-electron chi connectivity index (χ3n) is 2.45. The van der Waals surface area contributed by atoms with Crippen LogP contribution in [-0.4, -0.2) is 21.0 Å². The maximum absolute atomic E-state index is 11.8. The van der Waals surface area contributed by atoms with E-state index in [1.165, 1.54) is 30.3 Å². The number of aliphatic carboxylic acids is 1. The van der Waals surface area contributed by atoms with Crippen LogP contribution in [0.25, 0.3) is 17.0 Å². The van der Waals surface area contributed by atoms with Crippen molar-refractivity contribution in [2.75, 3.05) is 0 Å². The fourth-order valence-electron chi connectivity index (χ4n) is 1.62. The number of nitrogens with one attached hydrogen (secondary N) is 1. The first-order valence-electron chi connectivity index (χ1n) is 5.20. The van der Waals surface area contributed by atoms with E-state index in [2.05, 4.69) is 4.98 Å². The van der Waals surface area contributed by atoms with Crippen molar-refractivity contribution in [1.82, 2.24) is 4.98 Å². The topological polar surface area (TPSA) is 113 Å². The van der Waals surface area contributed by atoms with Gasteiger partial charge in [-0.15, -0.1) is 0 Å². The summed E-state index contributed by atoms with van der Waals surface area (Å²) in [5, 5.41) is 19.3. The van der Waals surface area contributed by atoms with Crippen LogP contribution in [0.3, 0.4) is 0 Å². The van der Waals surface area contributed by atoms with Gasteiger partial charge in [0, 0.05) is 30.0 Å². The highest BCUT2D eigenvalue weighted by Crippen LogP contribution is 2.17. The van der Waals surface area contributed by atoms with Crippen LogP contribution in [0.2, 0.25) is 0 Å². The standard InChI is InChI=1S/C12H8N2O5/c15-11-5-7(1-4-12(16)17)13-10-3-2-8(14(18)19)6-9(10)11/h1-6H,(H,13,15)(H,16,17). The third-order valence-corrected chi connectivity index (χ3v) is 2.45. The molecule has 0 saturated heterocycles. The second-order valence-electron chi connectivity index (χ2n) is 3.75. The SMILES string of the molecule is O=C(O)C=Cc1cc(=O)c2cc([N+](=O)[O-])ccc2[nH]1. The number of carboxylic acid groups (broad SMARTS) is 1. The van der Waals surface area contributed by atoms with Crippen LogP contribution < -0.4 is 5.43 Å². The lowest BCUT2D eigenvalue weighted by atomic mass is 10.1. The molecule has 0 aliphatic heterocycles. The summed E-state index contributed by atoms with van der Waals surface area (Å²) in [6.07, 6.45) is 2.13. The molecule has 7 heteroatoms. The zero-order valence-corrected chi connectivity index (χ0v) is 9.49. The Hall–Kier alpha value is -2.96. The van der Waals surface area contributed by atoms with Crippen molar-refractivity contribution in [3.8, 4) is 0 Å². The van der Waals surface area contributed by atoms with E-state index in [1.807, 2.05) is 0 Å². The Kier molecular flexibility index (Phi) is 3.11. The Bertz CT molecular complexity index is 760. The Morgan fingerprint density at radius 2 is 2.11 bits per heavy atom. The van der Waals surface area contributed by atoms with Gasteiger partial charge < -0.3 is 10.1 Å². The average molecular weight is 260 g/mol. The Morgan fingerprint density at radius 1 is 1.37 bits per heavy atom. The monoisotopic (exact) mass is 260 g/mol. The number of nitrogens with zero attached hydrogens (tertiary/aromatic N) is 1. The summed E-state index contributed by atoms with van der Waals surface area (Å²) in [6.45, 7) is 0. The van der Waals surface area contributed by atoms with Gasteiger partial charge in [-0.2, -0.15) is 0 Å². The van der Waals surface area contributed by atoms with Crippen molar-refractivity contribution in [2.24, 2.45) is 0 Å². The van der Waals surface area contributed by atoms with Crippen LogP contribution in [-0.2, 0) is 4.79 Å². The number of hydrogen-bond donors (Lipinski definition) is 2. The number of nitro benzene ring substituents is 1. The minimum atomic E-state index is -1.13. The van der Waals surface area contributed by atoms with Crippen LogP contribution in [0.5, 0.6) is 0 Å². The van der Waals surface area contributed by atoms with E-state index >= 15 is 0 Å². The first-order chi connectivity index (χ1) is 8.97. The maximum atomic E-state index is 11.8. The van der Waals surface area contributed by atoms with E-state index in [0.717, 1.165) is 6.08 Å². The molecule has 0 unspecified atom stereocenters. The summed E-state index contributed by atoms with van der Waals surface area (Å²) < 4.78 is 0. The fraction of sp³-hybridized carbons (Fsp3) is 0. The zero-order valence-electron chi connectivity index (χ0n) is 9.49. The van der Waals surface area contributed by atoms with E-state index in [-0.39, 0.29) is 11.1 Å². The predicted molar refractivity (Wildman–Crippen MR) is 67.9 cm³/mol. The van der Waals surface area contributed by atoms with Gasteiger partial charge in [-0.3, -0.25) is 14.9 Å². The number of hydrogen-bond acceptors (Lipinski definition) is 4. The second kappa shape index (κ2) is 4.73. The van der Waals surface area contributed by atoms with Gasteiger partial charge in [0.25, 0.3) is 5.69 Å². The molecule has 0 saturated carbocycles. The van der Waals surface area contributed by atoms with E-state index in [0.29, 0.717) is 11.2 Å². The molecule has 0 aliphatic rings. The Balaban J connectivity index is 2.59. The Morgan fingerprint density at radius 3 is 2.74 bits per heavy atom. The molecule has 0 spiro atoms. The molecule has 2 N–H and O–H groups in total. The lowest BCUT2D eigenvalue weighted by Gasteiger charge is -2.00. The van der Waals surface area contributed by atoms with Crippen LogP contribution in [0.15, 0.2) is 35.1 Å². The zero-order chi connectivity index (χ0) is 14.0. The number of fused-ring (bicyclic) bond motifs is 1. The van der Waals surface area contributed by atoms with Crippen molar-refractivity contribution >= 4 is 28.6 Å². The van der Waals surface area contributed by atoms with Crippen molar-refractivity contribution in [1.29, 1.82) is 0 Å². The number of carbonyl (C=O) groups is 1. The van der Waals surface area contributed by atoms with E-state index in [4.69, 9.17) is 5.11 Å². The number of rotatable bonds is 3. The molecule has 0 amide bonds. The fourth-order valence-corrected chi connectivity index (χ4v) is 1.62. The minimum absolute atomic E-state index is 0.174. The largest absolute Gasteiger partial charge is 0.478 e. The lowest BCUT2D eigenvalue weighted by molar-refractivity contribution is -0.384. The van der Waals surface area contributed by atoms with Gasteiger partial charge in [-0.25, -0.2) is 4.79 Å². The van der Waals surface area contributed by atoms with Crippen molar-refractivity contribution < 1.29 is 14.8 Å². The highest BCUT2D eigenvalue weighted by Gasteiger charge is 2.08. The number of aromatic nitrogens is 1. The van der Waals surface area contributed by atoms with Gasteiger partial charge in [0.1, 0.15) is 0 Å². The summed E-state index contributed by atoms with van der Waals surface area (Å²) in [6, 6.07) is 5.04. The van der Waals surface area contributed by atoms with Crippen molar-refractivity contribution in [2.45, 2.75) is 0 Å². The number of H-pyrrole nitrogens is 1. The first-order valence-corrected chi connectivity index (χ1v) is 5.20. The highest BCUT2D eigenvalue weighted by molar-refractivity contribution is 5.86. The number of non-ortho nitro benzene ring substituents is 1. The normalized spacial score (nSPS) is 10.9. The molecule has 0 radical (unpaired) electrons. The molecule has 96 valence electrons. The minimum Gasteiger partial charge on any atom is -0.478 e. The molecule has 19 heavy (non-hydrogen) atoms. The van der Waals surface area contributed by atoms with Gasteiger partial charge in [-0.05, 0) is 12.1 Å². The molecule has 1 aromatic carbocycles. The second-order valence-corrected chi connectivity index (χ2v) is 3.75. The molecule has 2 aromatic rings. The van der Waals surface area contributed by atoms with Gasteiger partial charge in [0.15, 0.2) is 5.43 Å². The molecule has 0 fully saturated rings. The maximum Gasteiger partial charge on any atom is 0.328 e. The van der Waals surface area contributed by atoms with Gasteiger partial charge in [0.2, 0.25) is 0 Å². The molecule has 1 heterocycles. The van der Waals surface area contributed by atoms with Crippen LogP contribution in [0.4, 0.5) is 5.69 Å². The van der Waals surface area contributed by atoms with Crippen LogP contribution in [0, 0.1) is 10.1 Å². The molecule has 0 bridgehead atoms. The average Bonchev–Trinajstić information content (AvgIpc) is 2.36. The molecule has 0 atom stereocenters. The Labute approximate surface area is 106 Å². The molecular weight excluding hydrogens is 252 g/mol. The first kappa shape index (κ1) is 12.5. The summed E-state index contributed by atoms with van der Waals surface area (Å²) in [5.74, 6) is -1.13. The molecular formula is C12H8N2O5. The van der Waals surface area contributed by atoms with Crippen LogP contribution in [0.1, 0.15) is 5.69 Å². The highest BCUT2D eigenvalue weighted by atomic mass is 16.6. The molecule has 1 aromatic heterocycles. The number of pyridine rings is 1. The summed E-state index contributed by atoms with van der Waals surface area (Å²) in [5.41, 5.74) is 0.131. The smallest absolute Gasteiger partial charge is 0.328 e. The molecule has 0 aliphatic carbocycles. The van der Waals surface area contributed by atoms with Gasteiger partial charge in [-0.1, -0.05) is 0 Å².